The predicted molar refractivity (Wildman–Crippen MR) is 111 cm³/mol. The highest BCUT2D eigenvalue weighted by molar-refractivity contribution is 14.1. The maximum atomic E-state index is 13.0. The van der Waals surface area contributed by atoms with Crippen molar-refractivity contribution in [3.05, 3.63) is 80.3 Å². The zero-order valence-corrected chi connectivity index (χ0v) is 16.6. The van der Waals surface area contributed by atoms with Crippen molar-refractivity contribution in [2.75, 3.05) is 18.6 Å². The van der Waals surface area contributed by atoms with Gasteiger partial charge in [0.05, 0.1) is 19.3 Å². The Morgan fingerprint density at radius 2 is 2.04 bits per heavy atom. The third-order valence-corrected chi connectivity index (χ3v) is 4.62. The van der Waals surface area contributed by atoms with Crippen molar-refractivity contribution in [1.29, 1.82) is 0 Å². The quantitative estimate of drug-likeness (QED) is 0.180. The van der Waals surface area contributed by atoms with Gasteiger partial charge in [-0.05, 0) is 58.3 Å². The van der Waals surface area contributed by atoms with Gasteiger partial charge in [-0.2, -0.15) is 0 Å². The van der Waals surface area contributed by atoms with Crippen molar-refractivity contribution in [1.82, 2.24) is 0 Å². The summed E-state index contributed by atoms with van der Waals surface area (Å²) in [5.74, 6) is 0.539. The van der Waals surface area contributed by atoms with Crippen LogP contribution in [0.5, 0.6) is 5.75 Å². The van der Waals surface area contributed by atoms with E-state index in [-0.39, 0.29) is 12.5 Å². The number of rotatable bonds is 8. The van der Waals surface area contributed by atoms with Gasteiger partial charge in [0.2, 0.25) is 0 Å². The topological polar surface area (TPSA) is 78.3 Å². The summed E-state index contributed by atoms with van der Waals surface area (Å²) in [7, 11) is 1.61. The molecule has 0 radical (unpaired) electrons. The zero-order chi connectivity index (χ0) is 18.9. The van der Waals surface area contributed by atoms with Crippen LogP contribution >= 0.6 is 22.6 Å². The van der Waals surface area contributed by atoms with Gasteiger partial charge in [0.1, 0.15) is 5.75 Å². The van der Waals surface area contributed by atoms with Crippen LogP contribution in [0, 0.1) is 3.57 Å². The van der Waals surface area contributed by atoms with E-state index >= 15 is 0 Å². The van der Waals surface area contributed by atoms with Gasteiger partial charge in [0.15, 0.2) is 0 Å². The summed E-state index contributed by atoms with van der Waals surface area (Å²) in [6, 6.07) is 15.3. The number of nitrogens with zero attached hydrogens (tertiary/aromatic N) is 4. The van der Waals surface area contributed by atoms with E-state index in [4.69, 9.17) is 10.3 Å². The molecule has 2 aromatic carbocycles. The average Bonchev–Trinajstić information content (AvgIpc) is 2.66. The summed E-state index contributed by atoms with van der Waals surface area (Å²) < 4.78 is 6.15. The highest BCUT2D eigenvalue weighted by atomic mass is 127. The molecule has 0 aliphatic rings. The first-order chi connectivity index (χ1) is 12.6. The molecule has 0 aliphatic carbocycles. The summed E-state index contributed by atoms with van der Waals surface area (Å²) >= 11 is 2.19. The minimum Gasteiger partial charge on any atom is -0.497 e. The van der Waals surface area contributed by atoms with Gasteiger partial charge in [-0.1, -0.05) is 42.0 Å². The molecule has 0 bridgehead atoms. The van der Waals surface area contributed by atoms with Crippen molar-refractivity contribution in [2.24, 2.45) is 5.11 Å². The molecule has 0 atom stereocenters. The number of ether oxygens (including phenoxy) is 1. The SMILES string of the molecule is C=C(CCN=[N+]=[N-])C(=O)N(Cc1ccccc1)c1ccc(OC)cc1I. The van der Waals surface area contributed by atoms with E-state index in [0.29, 0.717) is 18.5 Å². The summed E-state index contributed by atoms with van der Waals surface area (Å²) in [6.45, 7) is 4.50. The molecule has 0 aliphatic heterocycles. The average molecular weight is 462 g/mol. The summed E-state index contributed by atoms with van der Waals surface area (Å²) in [4.78, 5) is 17.4. The van der Waals surface area contributed by atoms with Gasteiger partial charge in [-0.3, -0.25) is 4.79 Å². The van der Waals surface area contributed by atoms with Gasteiger partial charge < -0.3 is 9.64 Å². The van der Waals surface area contributed by atoms with E-state index in [9.17, 15) is 4.79 Å². The van der Waals surface area contributed by atoms with Gasteiger partial charge in [-0.25, -0.2) is 0 Å². The van der Waals surface area contributed by atoms with E-state index in [1.54, 1.807) is 12.0 Å². The Morgan fingerprint density at radius 1 is 1.31 bits per heavy atom. The highest BCUT2D eigenvalue weighted by Gasteiger charge is 2.21. The molecule has 0 heterocycles. The fourth-order valence-corrected chi connectivity index (χ4v) is 3.17. The van der Waals surface area contributed by atoms with Crippen LogP contribution < -0.4 is 9.64 Å². The van der Waals surface area contributed by atoms with Crippen molar-refractivity contribution < 1.29 is 9.53 Å². The second-order valence-corrected chi connectivity index (χ2v) is 6.66. The second-order valence-electron chi connectivity index (χ2n) is 5.50. The van der Waals surface area contributed by atoms with Crippen LogP contribution in [0.15, 0.2) is 65.8 Å². The molecule has 6 nitrogen and oxygen atoms in total. The Balaban J connectivity index is 2.34. The lowest BCUT2D eigenvalue weighted by Crippen LogP contribution is -2.32. The molecule has 0 aromatic heterocycles. The fourth-order valence-electron chi connectivity index (χ4n) is 2.39. The first-order valence-corrected chi connectivity index (χ1v) is 9.02. The van der Waals surface area contributed by atoms with Gasteiger partial charge in [0, 0.05) is 20.6 Å². The third-order valence-electron chi connectivity index (χ3n) is 3.75. The molecule has 134 valence electrons. The molecular weight excluding hydrogens is 443 g/mol. The predicted octanol–water partition coefficient (Wildman–Crippen LogP) is 5.09. The van der Waals surface area contributed by atoms with Crippen LogP contribution in [0.4, 0.5) is 5.69 Å². The number of amides is 1. The van der Waals surface area contributed by atoms with Crippen molar-refractivity contribution in [3.63, 3.8) is 0 Å². The Hall–Kier alpha value is -2.51. The molecule has 0 fully saturated rings. The van der Waals surface area contributed by atoms with Crippen LogP contribution in [-0.4, -0.2) is 19.6 Å². The number of carbonyl (C=O) groups is 1. The van der Waals surface area contributed by atoms with Gasteiger partial charge in [-0.15, -0.1) is 0 Å². The summed E-state index contributed by atoms with van der Waals surface area (Å²) in [5.41, 5.74) is 10.6. The third kappa shape index (κ3) is 5.24. The number of benzene rings is 2. The van der Waals surface area contributed by atoms with E-state index in [2.05, 4.69) is 39.2 Å². The number of carbonyl (C=O) groups excluding carboxylic acids is 1. The largest absolute Gasteiger partial charge is 0.497 e. The van der Waals surface area contributed by atoms with E-state index < -0.39 is 0 Å². The fraction of sp³-hybridized carbons (Fsp3) is 0.211. The lowest BCUT2D eigenvalue weighted by Gasteiger charge is -2.25. The van der Waals surface area contributed by atoms with Crippen LogP contribution in [0.25, 0.3) is 10.4 Å². The lowest BCUT2D eigenvalue weighted by molar-refractivity contribution is -0.115. The van der Waals surface area contributed by atoms with Gasteiger partial charge in [0.25, 0.3) is 5.91 Å². The molecule has 7 heteroatoms. The number of hydrogen-bond acceptors (Lipinski definition) is 3. The normalized spacial score (nSPS) is 9.92. The molecule has 0 spiro atoms. The Labute approximate surface area is 166 Å². The minimum absolute atomic E-state index is 0.190. The molecule has 0 saturated heterocycles. The molecule has 2 rings (SSSR count). The van der Waals surface area contributed by atoms with E-state index in [0.717, 1.165) is 20.6 Å². The highest BCUT2D eigenvalue weighted by Crippen LogP contribution is 2.29. The molecule has 0 saturated carbocycles. The monoisotopic (exact) mass is 462 g/mol. The first kappa shape index (κ1) is 19.8. The summed E-state index contributed by atoms with van der Waals surface area (Å²) in [6.07, 6.45) is 0.320. The number of azide groups is 1. The Bertz CT molecular complexity index is 833. The number of hydrogen-bond donors (Lipinski definition) is 0. The Kier molecular flexibility index (Phi) is 7.50. The molecule has 1 amide bonds. The van der Waals surface area contributed by atoms with Crippen molar-refractivity contribution in [2.45, 2.75) is 13.0 Å². The maximum absolute atomic E-state index is 13.0. The standard InChI is InChI=1S/C19H19IN4O2/c1-14(10-11-22-23-21)19(25)24(13-15-6-4-3-5-7-15)18-9-8-16(26-2)12-17(18)20/h3-9,12H,1,10-11,13H2,2H3. The van der Waals surface area contributed by atoms with Crippen LogP contribution in [0.2, 0.25) is 0 Å². The van der Waals surface area contributed by atoms with E-state index in [1.807, 2.05) is 48.5 Å². The maximum Gasteiger partial charge on any atom is 0.253 e. The van der Waals surface area contributed by atoms with Crippen molar-refractivity contribution >= 4 is 34.2 Å². The Morgan fingerprint density at radius 3 is 2.65 bits per heavy atom. The van der Waals surface area contributed by atoms with Crippen LogP contribution in [0.1, 0.15) is 12.0 Å². The van der Waals surface area contributed by atoms with Crippen molar-refractivity contribution in [3.8, 4) is 5.75 Å². The summed E-state index contributed by atoms with van der Waals surface area (Å²) in [5, 5.41) is 3.48. The number of halogens is 1. The number of methoxy groups -OCH3 is 1. The lowest BCUT2D eigenvalue weighted by atomic mass is 10.1. The smallest absolute Gasteiger partial charge is 0.253 e. The molecular formula is C19H19IN4O2. The van der Waals surface area contributed by atoms with E-state index in [1.165, 1.54) is 0 Å². The zero-order valence-electron chi connectivity index (χ0n) is 14.4. The number of anilines is 1. The van der Waals surface area contributed by atoms with Crippen LogP contribution in [-0.2, 0) is 11.3 Å². The molecule has 0 unspecified atom stereocenters. The van der Waals surface area contributed by atoms with Gasteiger partial charge >= 0.3 is 0 Å². The minimum atomic E-state index is -0.190. The second kappa shape index (κ2) is 9.84. The van der Waals surface area contributed by atoms with Crippen LogP contribution in [0.3, 0.4) is 0 Å². The molecule has 2 aromatic rings. The molecule has 26 heavy (non-hydrogen) atoms. The first-order valence-electron chi connectivity index (χ1n) is 7.94. The molecule has 0 N–H and O–H groups in total.